The van der Waals surface area contributed by atoms with E-state index in [1.165, 1.54) is 0 Å². The lowest BCUT2D eigenvalue weighted by atomic mass is 10.0. The Morgan fingerprint density at radius 2 is 1.95 bits per heavy atom. The molecule has 0 N–H and O–H groups in total. The summed E-state index contributed by atoms with van der Waals surface area (Å²) in [5.41, 5.74) is 0.628. The van der Waals surface area contributed by atoms with Crippen LogP contribution in [0.3, 0.4) is 0 Å². The number of aryl methyl sites for hydroxylation is 1. The number of halogens is 1. The Morgan fingerprint density at radius 1 is 1.25 bits per heavy atom. The maximum absolute atomic E-state index is 14.2. The zero-order valence-corrected chi connectivity index (χ0v) is 12.9. The van der Waals surface area contributed by atoms with Crippen LogP contribution in [0.1, 0.15) is 46.1 Å². The summed E-state index contributed by atoms with van der Waals surface area (Å²) < 4.78 is 19.7. The lowest BCUT2D eigenvalue weighted by molar-refractivity contribution is -0.121. The predicted octanol–water partition coefficient (Wildman–Crippen LogP) is 4.41. The van der Waals surface area contributed by atoms with E-state index >= 15 is 0 Å². The third-order valence-electron chi connectivity index (χ3n) is 3.13. The van der Waals surface area contributed by atoms with E-state index in [0.717, 1.165) is 0 Å². The highest BCUT2D eigenvalue weighted by atomic mass is 19.1. The largest absolute Gasteiger partial charge is 0.490 e. The van der Waals surface area contributed by atoms with Gasteiger partial charge in [0.05, 0.1) is 6.61 Å². The molecule has 1 rings (SSSR count). The van der Waals surface area contributed by atoms with E-state index in [0.29, 0.717) is 43.1 Å². The molecule has 0 aliphatic heterocycles. The van der Waals surface area contributed by atoms with Gasteiger partial charge in [0.1, 0.15) is 5.78 Å². The molecule has 0 saturated heterocycles. The van der Waals surface area contributed by atoms with Crippen molar-refractivity contribution in [2.45, 2.75) is 47.0 Å². The molecule has 0 radical (unpaired) electrons. The number of carbonyl (C=O) groups excluding carboxylic acids is 1. The Balaban J connectivity index is 2.58. The van der Waals surface area contributed by atoms with Crippen molar-refractivity contribution in [2.75, 3.05) is 6.61 Å². The topological polar surface area (TPSA) is 26.3 Å². The SMILES string of the molecule is CC(C)COc1cccc(CCCC(=O)C(C)C)c1F. The number of ketones is 1. The molecule has 3 heteroatoms. The molecule has 2 nitrogen and oxygen atoms in total. The van der Waals surface area contributed by atoms with Gasteiger partial charge < -0.3 is 4.74 Å². The van der Waals surface area contributed by atoms with Crippen molar-refractivity contribution in [1.29, 1.82) is 0 Å². The van der Waals surface area contributed by atoms with Crippen LogP contribution >= 0.6 is 0 Å². The van der Waals surface area contributed by atoms with Crippen LogP contribution in [0, 0.1) is 17.7 Å². The Labute approximate surface area is 121 Å². The number of hydrogen-bond donors (Lipinski definition) is 0. The minimum Gasteiger partial charge on any atom is -0.490 e. The molecule has 0 bridgehead atoms. The van der Waals surface area contributed by atoms with E-state index in [1.807, 2.05) is 27.7 Å². The molecule has 1 aromatic carbocycles. The van der Waals surface area contributed by atoms with E-state index in [4.69, 9.17) is 4.74 Å². The second-order valence-corrected chi connectivity index (χ2v) is 5.91. The van der Waals surface area contributed by atoms with Gasteiger partial charge >= 0.3 is 0 Å². The number of carbonyl (C=O) groups is 1. The number of hydrogen-bond acceptors (Lipinski definition) is 2. The average Bonchev–Trinajstić information content (AvgIpc) is 2.38. The Hall–Kier alpha value is -1.38. The van der Waals surface area contributed by atoms with E-state index in [1.54, 1.807) is 18.2 Å². The number of ether oxygens (including phenoxy) is 1. The monoisotopic (exact) mass is 280 g/mol. The van der Waals surface area contributed by atoms with Gasteiger partial charge in [0, 0.05) is 12.3 Å². The van der Waals surface area contributed by atoms with Gasteiger partial charge in [-0.15, -0.1) is 0 Å². The summed E-state index contributed by atoms with van der Waals surface area (Å²) in [4.78, 5) is 11.5. The van der Waals surface area contributed by atoms with Gasteiger partial charge in [-0.1, -0.05) is 39.8 Å². The van der Waals surface area contributed by atoms with E-state index in [9.17, 15) is 9.18 Å². The van der Waals surface area contributed by atoms with Gasteiger partial charge in [-0.2, -0.15) is 0 Å². The Bertz CT molecular complexity index is 439. The van der Waals surface area contributed by atoms with Crippen LogP contribution in [0.4, 0.5) is 4.39 Å². The fraction of sp³-hybridized carbons (Fsp3) is 0.588. The molecule has 112 valence electrons. The van der Waals surface area contributed by atoms with Gasteiger partial charge in [-0.05, 0) is 30.4 Å². The highest BCUT2D eigenvalue weighted by molar-refractivity contribution is 5.80. The summed E-state index contributed by atoms with van der Waals surface area (Å²) in [6, 6.07) is 5.22. The first-order chi connectivity index (χ1) is 9.41. The van der Waals surface area contributed by atoms with Gasteiger partial charge in [0.2, 0.25) is 0 Å². The average molecular weight is 280 g/mol. The van der Waals surface area contributed by atoms with Gasteiger partial charge in [0.15, 0.2) is 11.6 Å². The molecule has 1 aromatic rings. The standard InChI is InChI=1S/C17H25FO2/c1-12(2)11-20-16-10-6-8-14(17(16)18)7-5-9-15(19)13(3)4/h6,8,10,12-13H,5,7,9,11H2,1-4H3. The highest BCUT2D eigenvalue weighted by Gasteiger charge is 2.11. The first-order valence-corrected chi connectivity index (χ1v) is 7.34. The van der Waals surface area contributed by atoms with Crippen molar-refractivity contribution < 1.29 is 13.9 Å². The van der Waals surface area contributed by atoms with Crippen molar-refractivity contribution in [1.82, 2.24) is 0 Å². The molecule has 0 amide bonds. The molecule has 0 fully saturated rings. The number of rotatable bonds is 8. The van der Waals surface area contributed by atoms with E-state index < -0.39 is 0 Å². The van der Waals surface area contributed by atoms with Crippen LogP contribution in [-0.4, -0.2) is 12.4 Å². The first-order valence-electron chi connectivity index (χ1n) is 7.34. The molecule has 0 unspecified atom stereocenters. The van der Waals surface area contributed by atoms with Crippen molar-refractivity contribution in [3.63, 3.8) is 0 Å². The smallest absolute Gasteiger partial charge is 0.168 e. The third-order valence-corrected chi connectivity index (χ3v) is 3.13. The second-order valence-electron chi connectivity index (χ2n) is 5.91. The molecular formula is C17H25FO2. The molecule has 20 heavy (non-hydrogen) atoms. The normalized spacial score (nSPS) is 11.2. The summed E-state index contributed by atoms with van der Waals surface area (Å²) in [5, 5.41) is 0. The Kier molecular flexibility index (Phi) is 6.69. The van der Waals surface area contributed by atoms with Crippen molar-refractivity contribution >= 4 is 5.78 Å². The molecule has 0 aliphatic rings. The summed E-state index contributed by atoms with van der Waals surface area (Å²) in [7, 11) is 0. The van der Waals surface area contributed by atoms with Gasteiger partial charge in [0.25, 0.3) is 0 Å². The first kappa shape index (κ1) is 16.7. The molecule has 0 heterocycles. The lowest BCUT2D eigenvalue weighted by Crippen LogP contribution is -2.08. The summed E-state index contributed by atoms with van der Waals surface area (Å²) in [6.45, 7) is 8.34. The molecule has 0 aliphatic carbocycles. The van der Waals surface area contributed by atoms with Crippen molar-refractivity contribution in [3.8, 4) is 5.75 Å². The maximum atomic E-state index is 14.2. The highest BCUT2D eigenvalue weighted by Crippen LogP contribution is 2.22. The van der Waals surface area contributed by atoms with Gasteiger partial charge in [-0.3, -0.25) is 4.79 Å². The van der Waals surface area contributed by atoms with Crippen LogP contribution < -0.4 is 4.74 Å². The minimum atomic E-state index is -0.287. The van der Waals surface area contributed by atoms with E-state index in [2.05, 4.69) is 0 Å². The predicted molar refractivity (Wildman–Crippen MR) is 79.5 cm³/mol. The van der Waals surface area contributed by atoms with Crippen LogP contribution in [0.15, 0.2) is 18.2 Å². The van der Waals surface area contributed by atoms with Crippen LogP contribution in [-0.2, 0) is 11.2 Å². The summed E-state index contributed by atoms with van der Waals surface area (Å²) >= 11 is 0. The second kappa shape index (κ2) is 8.03. The summed E-state index contributed by atoms with van der Waals surface area (Å²) in [6.07, 6.45) is 1.76. The fourth-order valence-electron chi connectivity index (χ4n) is 1.86. The van der Waals surface area contributed by atoms with Crippen LogP contribution in [0.2, 0.25) is 0 Å². The summed E-state index contributed by atoms with van der Waals surface area (Å²) in [5.74, 6) is 0.677. The van der Waals surface area contributed by atoms with Crippen molar-refractivity contribution in [3.05, 3.63) is 29.6 Å². The van der Waals surface area contributed by atoms with E-state index in [-0.39, 0.29) is 17.5 Å². The molecular weight excluding hydrogens is 255 g/mol. The van der Waals surface area contributed by atoms with Crippen LogP contribution in [0.5, 0.6) is 5.75 Å². The van der Waals surface area contributed by atoms with Crippen LogP contribution in [0.25, 0.3) is 0 Å². The minimum absolute atomic E-state index is 0.0561. The van der Waals surface area contributed by atoms with Gasteiger partial charge in [-0.25, -0.2) is 4.39 Å². The molecule has 0 spiro atoms. The molecule has 0 aromatic heterocycles. The molecule has 0 saturated carbocycles. The zero-order valence-electron chi connectivity index (χ0n) is 12.9. The molecule has 0 atom stereocenters. The van der Waals surface area contributed by atoms with Crippen molar-refractivity contribution in [2.24, 2.45) is 11.8 Å². The zero-order chi connectivity index (χ0) is 15.1. The number of Topliss-reactive ketones (excluding diaryl/α,β-unsaturated/α-hetero) is 1. The fourth-order valence-corrected chi connectivity index (χ4v) is 1.86. The number of benzene rings is 1. The Morgan fingerprint density at radius 3 is 2.55 bits per heavy atom. The quantitative estimate of drug-likeness (QED) is 0.705. The lowest BCUT2D eigenvalue weighted by Gasteiger charge is -2.12. The maximum Gasteiger partial charge on any atom is 0.168 e. The third kappa shape index (κ3) is 5.32.